The lowest BCUT2D eigenvalue weighted by Crippen LogP contribution is -2.22. The lowest BCUT2D eigenvalue weighted by atomic mass is 10.0. The van der Waals surface area contributed by atoms with Gasteiger partial charge in [-0.2, -0.15) is 0 Å². The van der Waals surface area contributed by atoms with Crippen LogP contribution in [0.2, 0.25) is 0 Å². The number of nitrogens with zero attached hydrogens (tertiary/aromatic N) is 2. The molecular formula is C23H23FN2O3S. The normalized spacial score (nSPS) is 21.2. The highest BCUT2D eigenvalue weighted by molar-refractivity contribution is 7.90. The van der Waals surface area contributed by atoms with E-state index in [4.69, 9.17) is 4.74 Å². The van der Waals surface area contributed by atoms with Gasteiger partial charge < -0.3 is 9.64 Å². The summed E-state index contributed by atoms with van der Waals surface area (Å²) in [5.74, 6) is 0.557. The van der Waals surface area contributed by atoms with Gasteiger partial charge in [0.25, 0.3) is 10.0 Å². The topological polar surface area (TPSA) is 51.5 Å². The number of hydrogen-bond acceptors (Lipinski definition) is 4. The van der Waals surface area contributed by atoms with E-state index in [9.17, 15) is 12.8 Å². The second-order valence-corrected chi connectivity index (χ2v) is 9.96. The number of aryl methyl sites for hydroxylation is 1. The Morgan fingerprint density at radius 2 is 1.73 bits per heavy atom. The third-order valence-corrected chi connectivity index (χ3v) is 7.72. The first-order valence-corrected chi connectivity index (χ1v) is 11.5. The summed E-state index contributed by atoms with van der Waals surface area (Å²) in [6.07, 6.45) is 1.54. The summed E-state index contributed by atoms with van der Waals surface area (Å²) in [7, 11) is -3.89. The molecule has 2 aromatic carbocycles. The third-order valence-electron chi connectivity index (χ3n) is 6.05. The molecule has 0 spiro atoms. The van der Waals surface area contributed by atoms with Crippen LogP contribution in [0.5, 0.6) is 0 Å². The first-order chi connectivity index (χ1) is 14.4. The van der Waals surface area contributed by atoms with Gasteiger partial charge in [0.15, 0.2) is 0 Å². The van der Waals surface area contributed by atoms with Crippen molar-refractivity contribution in [1.29, 1.82) is 0 Å². The molecule has 2 aliphatic heterocycles. The van der Waals surface area contributed by atoms with Crippen molar-refractivity contribution in [2.75, 3.05) is 31.2 Å². The van der Waals surface area contributed by atoms with Gasteiger partial charge in [0.2, 0.25) is 0 Å². The molecule has 30 heavy (non-hydrogen) atoms. The maximum Gasteiger partial charge on any atom is 0.268 e. The van der Waals surface area contributed by atoms with Gasteiger partial charge in [-0.15, -0.1) is 0 Å². The van der Waals surface area contributed by atoms with E-state index < -0.39 is 15.8 Å². The molecule has 0 aliphatic carbocycles. The number of ether oxygens (including phenoxy) is 1. The summed E-state index contributed by atoms with van der Waals surface area (Å²) in [6, 6.07) is 14.9. The van der Waals surface area contributed by atoms with Crippen molar-refractivity contribution in [2.45, 2.75) is 11.8 Å². The minimum atomic E-state index is -3.89. The Labute approximate surface area is 175 Å². The molecule has 3 aromatic rings. The van der Waals surface area contributed by atoms with Crippen molar-refractivity contribution in [3.8, 4) is 11.3 Å². The van der Waals surface area contributed by atoms with Crippen LogP contribution in [-0.4, -0.2) is 38.7 Å². The maximum atomic E-state index is 14.4. The Kier molecular flexibility index (Phi) is 4.67. The van der Waals surface area contributed by atoms with Gasteiger partial charge >= 0.3 is 0 Å². The number of aromatic nitrogens is 1. The Morgan fingerprint density at radius 3 is 2.47 bits per heavy atom. The van der Waals surface area contributed by atoms with E-state index in [1.165, 1.54) is 10.0 Å². The second kappa shape index (κ2) is 7.25. The molecule has 5 nitrogen and oxygen atoms in total. The fourth-order valence-electron chi connectivity index (χ4n) is 4.49. The Bertz CT molecular complexity index is 1190. The van der Waals surface area contributed by atoms with E-state index in [1.54, 1.807) is 55.6 Å². The molecule has 156 valence electrons. The highest BCUT2D eigenvalue weighted by Crippen LogP contribution is 2.34. The molecule has 2 fully saturated rings. The van der Waals surface area contributed by atoms with Crippen molar-refractivity contribution >= 4 is 15.7 Å². The predicted molar refractivity (Wildman–Crippen MR) is 114 cm³/mol. The average molecular weight is 427 g/mol. The van der Waals surface area contributed by atoms with Gasteiger partial charge in [-0.25, -0.2) is 16.8 Å². The number of fused-ring (bicyclic) bond motifs is 1. The van der Waals surface area contributed by atoms with Crippen LogP contribution in [0.25, 0.3) is 11.3 Å². The van der Waals surface area contributed by atoms with Crippen LogP contribution in [0.3, 0.4) is 0 Å². The van der Waals surface area contributed by atoms with E-state index in [-0.39, 0.29) is 10.5 Å². The van der Waals surface area contributed by atoms with Crippen molar-refractivity contribution in [2.24, 2.45) is 11.8 Å². The zero-order valence-corrected chi connectivity index (χ0v) is 17.5. The largest absolute Gasteiger partial charge is 0.381 e. The van der Waals surface area contributed by atoms with Crippen molar-refractivity contribution in [3.05, 3.63) is 72.2 Å². The van der Waals surface area contributed by atoms with E-state index in [1.807, 2.05) is 6.07 Å². The predicted octanol–water partition coefficient (Wildman–Crippen LogP) is 3.92. The highest BCUT2D eigenvalue weighted by Gasteiger charge is 2.37. The van der Waals surface area contributed by atoms with E-state index in [0.717, 1.165) is 37.6 Å². The zero-order chi connectivity index (χ0) is 20.9. The van der Waals surface area contributed by atoms with Gasteiger partial charge in [-0.1, -0.05) is 18.2 Å². The van der Waals surface area contributed by atoms with Crippen LogP contribution in [0, 0.1) is 24.6 Å². The number of rotatable bonds is 4. The molecule has 3 heterocycles. The van der Waals surface area contributed by atoms with E-state index >= 15 is 0 Å². The smallest absolute Gasteiger partial charge is 0.268 e. The zero-order valence-electron chi connectivity index (χ0n) is 16.7. The monoisotopic (exact) mass is 426 g/mol. The quantitative estimate of drug-likeness (QED) is 0.635. The molecule has 5 rings (SSSR count). The fourth-order valence-corrected chi connectivity index (χ4v) is 5.95. The van der Waals surface area contributed by atoms with Crippen LogP contribution in [0.4, 0.5) is 10.1 Å². The van der Waals surface area contributed by atoms with Gasteiger partial charge in [-0.05, 0) is 48.9 Å². The summed E-state index contributed by atoms with van der Waals surface area (Å²) in [4.78, 5) is 2.43. The highest BCUT2D eigenvalue weighted by atomic mass is 32.2. The van der Waals surface area contributed by atoms with Crippen LogP contribution in [0.15, 0.2) is 65.7 Å². The summed E-state index contributed by atoms with van der Waals surface area (Å²) in [5.41, 5.74) is 2.23. The molecule has 2 saturated heterocycles. The molecular weight excluding hydrogens is 403 g/mol. The number of benzene rings is 2. The average Bonchev–Trinajstić information content (AvgIpc) is 3.43. The lowest BCUT2D eigenvalue weighted by Gasteiger charge is -2.20. The maximum absolute atomic E-state index is 14.4. The fraction of sp³-hybridized carbons (Fsp3) is 0.304. The van der Waals surface area contributed by atoms with Crippen LogP contribution in [0.1, 0.15) is 5.56 Å². The van der Waals surface area contributed by atoms with Gasteiger partial charge in [0, 0.05) is 42.4 Å². The Hall–Kier alpha value is -2.64. The molecule has 0 N–H and O–H groups in total. The molecule has 7 heteroatoms. The van der Waals surface area contributed by atoms with Crippen LogP contribution < -0.4 is 4.90 Å². The SMILES string of the molecule is Cc1cc(-c2ccccc2F)n(S(=O)(=O)c2cccc(N3CC4COCC4C3)c2)c1. The standard InChI is InChI=1S/C23H23FN2O3S/c1-16-9-23(21-7-2-3-8-22(21)24)26(11-16)30(27,28)20-6-4-5-19(10-20)25-12-17-14-29-15-18(17)13-25/h2-11,17-18H,12-15H2,1H3. The molecule has 0 bridgehead atoms. The molecule has 0 saturated carbocycles. The molecule has 2 atom stereocenters. The summed E-state index contributed by atoms with van der Waals surface area (Å²) in [5, 5.41) is 0. The lowest BCUT2D eigenvalue weighted by molar-refractivity contribution is 0.177. The van der Waals surface area contributed by atoms with Crippen molar-refractivity contribution in [3.63, 3.8) is 0 Å². The number of hydrogen-bond donors (Lipinski definition) is 0. The Morgan fingerprint density at radius 1 is 1.00 bits per heavy atom. The number of halogens is 1. The number of anilines is 1. The summed E-state index contributed by atoms with van der Waals surface area (Å²) >= 11 is 0. The Balaban J connectivity index is 1.53. The third kappa shape index (κ3) is 3.22. The first kappa shape index (κ1) is 19.3. The summed E-state index contributed by atoms with van der Waals surface area (Å²) in [6.45, 7) is 5.09. The van der Waals surface area contributed by atoms with Gasteiger partial charge in [-0.3, -0.25) is 0 Å². The minimum absolute atomic E-state index is 0.196. The van der Waals surface area contributed by atoms with Crippen LogP contribution >= 0.6 is 0 Å². The molecule has 1 aromatic heterocycles. The van der Waals surface area contributed by atoms with Gasteiger partial charge in [0.1, 0.15) is 5.82 Å². The van der Waals surface area contributed by atoms with Crippen molar-refractivity contribution < 1.29 is 17.5 Å². The van der Waals surface area contributed by atoms with Crippen LogP contribution in [-0.2, 0) is 14.8 Å². The van der Waals surface area contributed by atoms with E-state index in [2.05, 4.69) is 4.90 Å². The molecule has 2 unspecified atom stereocenters. The van der Waals surface area contributed by atoms with E-state index in [0.29, 0.717) is 17.5 Å². The first-order valence-electron chi connectivity index (χ1n) is 10.1. The molecule has 2 aliphatic rings. The minimum Gasteiger partial charge on any atom is -0.381 e. The van der Waals surface area contributed by atoms with Gasteiger partial charge in [0.05, 0.1) is 23.8 Å². The summed E-state index contributed by atoms with van der Waals surface area (Å²) < 4.78 is 48.2. The molecule has 0 radical (unpaired) electrons. The van der Waals surface area contributed by atoms with Crippen molar-refractivity contribution in [1.82, 2.24) is 3.97 Å². The molecule has 0 amide bonds. The second-order valence-electron chi connectivity index (χ2n) is 8.14.